The van der Waals surface area contributed by atoms with Gasteiger partial charge >= 0.3 is 58.4 Å². The maximum absolute atomic E-state index is 12.4. The fraction of sp³-hybridized carbons (Fsp3) is 0.222. The van der Waals surface area contributed by atoms with Gasteiger partial charge in [-0.05, 0) is 12.0 Å². The number of aryl methyl sites for hydroxylation is 1. The first kappa shape index (κ1) is 14.2. The molecule has 0 spiro atoms. The fourth-order valence-corrected chi connectivity index (χ4v) is 1.59. The maximum Gasteiger partial charge on any atom is 1.00 e. The molecule has 1 amide bonds. The average Bonchev–Trinajstić information content (AvgIpc) is 2.15. The topological polar surface area (TPSA) is 29.1 Å². The molecule has 1 N–H and O–H groups in total. The minimum absolute atomic E-state index is 0. The summed E-state index contributed by atoms with van der Waals surface area (Å²) in [6.07, 6.45) is 0.843. The van der Waals surface area contributed by atoms with Gasteiger partial charge in [0.2, 0.25) is 5.91 Å². The second kappa shape index (κ2) is 5.22. The summed E-state index contributed by atoms with van der Waals surface area (Å²) in [6, 6.07) is 3.50. The zero-order valence-electron chi connectivity index (χ0n) is 8.77. The Morgan fingerprint density at radius 3 is 2.50 bits per heavy atom. The Hall–Kier alpha value is 0.181. The first-order valence-corrected chi connectivity index (χ1v) is 4.59. The quantitative estimate of drug-likeness (QED) is 0.615. The van der Waals surface area contributed by atoms with E-state index in [0.717, 1.165) is 17.7 Å². The third-order valence-electron chi connectivity index (χ3n) is 2.41. The zero-order chi connectivity index (χ0) is 11.1. The summed E-state index contributed by atoms with van der Waals surface area (Å²) < 4.78 is 37.2. The monoisotopic (exact) mass is 253 g/mol. The van der Waals surface area contributed by atoms with Crippen molar-refractivity contribution in [2.75, 3.05) is 5.32 Å². The summed E-state index contributed by atoms with van der Waals surface area (Å²) in [5, 5.41) is 2.44. The Kier molecular flexibility index (Phi) is 4.65. The van der Waals surface area contributed by atoms with Crippen LogP contribution < -0.4 is 62.2 Å². The molecule has 2 rings (SSSR count). The van der Waals surface area contributed by atoms with Crippen molar-refractivity contribution in [3.8, 4) is 0 Å². The summed E-state index contributed by atoms with van der Waals surface area (Å²) in [6.45, 7) is -4.99. The van der Waals surface area contributed by atoms with Crippen LogP contribution in [0.25, 0.3) is 0 Å². The SMILES string of the molecule is O=C1CCc2ccc([B-](F)(F)F)cc2N1.[K+]. The third-order valence-corrected chi connectivity index (χ3v) is 2.41. The van der Waals surface area contributed by atoms with E-state index in [-0.39, 0.29) is 57.3 Å². The summed E-state index contributed by atoms with van der Waals surface area (Å²) in [7, 11) is 0. The molecule has 16 heavy (non-hydrogen) atoms. The van der Waals surface area contributed by atoms with Crippen LogP contribution in [0.15, 0.2) is 18.2 Å². The number of amides is 1. The van der Waals surface area contributed by atoms with E-state index >= 15 is 0 Å². The van der Waals surface area contributed by atoms with Crippen LogP contribution in [0.4, 0.5) is 18.6 Å². The van der Waals surface area contributed by atoms with E-state index in [0.29, 0.717) is 18.5 Å². The third kappa shape index (κ3) is 3.10. The molecule has 0 radical (unpaired) electrons. The molecule has 0 aliphatic carbocycles. The molecule has 1 aliphatic heterocycles. The van der Waals surface area contributed by atoms with E-state index in [2.05, 4.69) is 5.32 Å². The van der Waals surface area contributed by atoms with E-state index in [1.165, 1.54) is 6.07 Å². The molecule has 1 aliphatic rings. The van der Waals surface area contributed by atoms with Crippen molar-refractivity contribution in [2.24, 2.45) is 0 Å². The van der Waals surface area contributed by atoms with E-state index in [1.54, 1.807) is 0 Å². The molecule has 0 bridgehead atoms. The van der Waals surface area contributed by atoms with Crippen LogP contribution >= 0.6 is 0 Å². The maximum atomic E-state index is 12.4. The van der Waals surface area contributed by atoms with Crippen LogP contribution in [-0.2, 0) is 11.2 Å². The van der Waals surface area contributed by atoms with Gasteiger partial charge in [-0.25, -0.2) is 0 Å². The Labute approximate surface area is 133 Å². The van der Waals surface area contributed by atoms with E-state index in [1.807, 2.05) is 0 Å². The molecule has 0 saturated carbocycles. The number of anilines is 1. The van der Waals surface area contributed by atoms with Gasteiger partial charge in [-0.1, -0.05) is 18.2 Å². The van der Waals surface area contributed by atoms with E-state index in [9.17, 15) is 17.7 Å². The minimum Gasteiger partial charge on any atom is -0.445 e. The molecule has 0 atom stereocenters. The Morgan fingerprint density at radius 2 is 1.88 bits per heavy atom. The predicted molar refractivity (Wildman–Crippen MR) is 52.1 cm³/mol. The molecule has 0 unspecified atom stereocenters. The van der Waals surface area contributed by atoms with Crippen LogP contribution in [-0.4, -0.2) is 12.9 Å². The van der Waals surface area contributed by atoms with E-state index in [4.69, 9.17) is 0 Å². The van der Waals surface area contributed by atoms with Crippen molar-refractivity contribution in [3.63, 3.8) is 0 Å². The number of hydrogen-bond acceptors (Lipinski definition) is 1. The van der Waals surface area contributed by atoms with Gasteiger partial charge in [-0.3, -0.25) is 4.79 Å². The Morgan fingerprint density at radius 1 is 1.19 bits per heavy atom. The van der Waals surface area contributed by atoms with Crippen LogP contribution in [0.5, 0.6) is 0 Å². The van der Waals surface area contributed by atoms with Gasteiger partial charge in [0.15, 0.2) is 0 Å². The molecule has 7 heteroatoms. The number of fused-ring (bicyclic) bond motifs is 1. The number of rotatable bonds is 1. The molecule has 1 heterocycles. The number of benzene rings is 1. The molecule has 0 saturated heterocycles. The van der Waals surface area contributed by atoms with Crippen molar-refractivity contribution in [2.45, 2.75) is 12.8 Å². The van der Waals surface area contributed by atoms with Crippen molar-refractivity contribution in [3.05, 3.63) is 23.8 Å². The standard InChI is InChI=1S/C9H8BF3NO.K/c11-10(12,13)7-3-1-6-2-4-9(15)14-8(6)5-7;/h1,3,5H,2,4H2,(H,14,15);/q-1;+1. The molecule has 0 aromatic heterocycles. The van der Waals surface area contributed by atoms with Gasteiger partial charge in [0.25, 0.3) is 0 Å². The summed E-state index contributed by atoms with van der Waals surface area (Å²) in [4.78, 5) is 11.0. The summed E-state index contributed by atoms with van der Waals surface area (Å²) in [5.41, 5.74) is 0.386. The van der Waals surface area contributed by atoms with Gasteiger partial charge < -0.3 is 18.3 Å². The minimum atomic E-state index is -4.99. The molecule has 0 fully saturated rings. The largest absolute Gasteiger partial charge is 1.00 e. The van der Waals surface area contributed by atoms with Crippen LogP contribution in [0.1, 0.15) is 12.0 Å². The molecular formula is C9H8BF3KNO. The van der Waals surface area contributed by atoms with Gasteiger partial charge in [-0.15, -0.1) is 5.46 Å². The van der Waals surface area contributed by atoms with Gasteiger partial charge in [0.1, 0.15) is 0 Å². The number of carbonyl (C=O) groups is 1. The van der Waals surface area contributed by atoms with Gasteiger partial charge in [0.05, 0.1) is 0 Å². The smallest absolute Gasteiger partial charge is 0.445 e. The molecule has 1 aromatic rings. The van der Waals surface area contributed by atoms with Crippen LogP contribution in [0, 0.1) is 0 Å². The van der Waals surface area contributed by atoms with Crippen molar-refractivity contribution in [1.29, 1.82) is 0 Å². The predicted octanol–water partition coefficient (Wildman–Crippen LogP) is -1.37. The Bertz CT molecular complexity index is 422. The zero-order valence-corrected chi connectivity index (χ0v) is 11.9. The first-order chi connectivity index (χ1) is 6.97. The number of carbonyl (C=O) groups excluding carboxylic acids is 1. The Balaban J connectivity index is 0.00000128. The van der Waals surface area contributed by atoms with Crippen LogP contribution in [0.3, 0.4) is 0 Å². The second-order valence-electron chi connectivity index (χ2n) is 3.54. The van der Waals surface area contributed by atoms with Crippen molar-refractivity contribution >= 4 is 24.0 Å². The number of halogens is 3. The van der Waals surface area contributed by atoms with Crippen LogP contribution in [0.2, 0.25) is 0 Å². The molecular weight excluding hydrogens is 245 g/mol. The average molecular weight is 253 g/mol. The summed E-state index contributed by atoms with van der Waals surface area (Å²) in [5.74, 6) is -0.227. The fourth-order valence-electron chi connectivity index (χ4n) is 1.59. The number of hydrogen-bond donors (Lipinski definition) is 1. The van der Waals surface area contributed by atoms with Gasteiger partial charge in [0, 0.05) is 12.1 Å². The van der Waals surface area contributed by atoms with Crippen molar-refractivity contribution < 1.29 is 69.1 Å². The van der Waals surface area contributed by atoms with E-state index < -0.39 is 12.4 Å². The first-order valence-electron chi connectivity index (χ1n) is 4.59. The molecule has 80 valence electrons. The molecule has 1 aromatic carbocycles. The van der Waals surface area contributed by atoms with Crippen molar-refractivity contribution in [1.82, 2.24) is 0 Å². The van der Waals surface area contributed by atoms with Gasteiger partial charge in [-0.2, -0.15) is 0 Å². The molecule has 2 nitrogen and oxygen atoms in total. The normalized spacial score (nSPS) is 14.8. The number of nitrogens with one attached hydrogen (secondary N) is 1. The second-order valence-corrected chi connectivity index (χ2v) is 3.54. The summed E-state index contributed by atoms with van der Waals surface area (Å²) >= 11 is 0.